The molecule has 5 nitrogen and oxygen atoms in total. The first kappa shape index (κ1) is 13.1. The van der Waals surface area contributed by atoms with Gasteiger partial charge >= 0.3 is 0 Å². The van der Waals surface area contributed by atoms with Crippen LogP contribution in [-0.2, 0) is 13.0 Å². The number of fused-ring (bicyclic) bond motifs is 2. The summed E-state index contributed by atoms with van der Waals surface area (Å²) in [5.41, 5.74) is 7.59. The van der Waals surface area contributed by atoms with E-state index in [1.165, 1.54) is 19.3 Å². The first-order valence-electron chi connectivity index (χ1n) is 7.05. The summed E-state index contributed by atoms with van der Waals surface area (Å²) < 4.78 is 4.36. The zero-order chi connectivity index (χ0) is 14.2. The summed E-state index contributed by atoms with van der Waals surface area (Å²) in [7, 11) is 0. The molecule has 1 aliphatic heterocycles. The minimum atomic E-state index is 0.777. The van der Waals surface area contributed by atoms with E-state index in [-0.39, 0.29) is 0 Å². The second kappa shape index (κ2) is 5.31. The zero-order valence-corrected chi connectivity index (χ0v) is 13.1. The molecule has 0 saturated heterocycles. The molecule has 1 aliphatic rings. The highest BCUT2D eigenvalue weighted by molar-refractivity contribution is 8.01. The first-order chi connectivity index (χ1) is 10.3. The van der Waals surface area contributed by atoms with Gasteiger partial charge in [-0.3, -0.25) is 0 Å². The highest BCUT2D eigenvalue weighted by Gasteiger charge is 2.17. The van der Waals surface area contributed by atoms with Crippen LogP contribution < -0.4 is 5.73 Å². The van der Waals surface area contributed by atoms with Gasteiger partial charge in [0, 0.05) is 18.7 Å². The molecule has 0 saturated carbocycles. The molecule has 0 aliphatic carbocycles. The molecule has 3 heterocycles. The van der Waals surface area contributed by atoms with Crippen LogP contribution in [0, 0.1) is 0 Å². The molecule has 0 fully saturated rings. The summed E-state index contributed by atoms with van der Waals surface area (Å²) >= 11 is 3.26. The van der Waals surface area contributed by atoms with Crippen molar-refractivity contribution >= 4 is 39.0 Å². The fourth-order valence-corrected chi connectivity index (χ4v) is 4.67. The number of anilines is 1. The van der Waals surface area contributed by atoms with E-state index in [0.717, 1.165) is 44.2 Å². The van der Waals surface area contributed by atoms with Crippen molar-refractivity contribution in [3.63, 3.8) is 0 Å². The molecule has 4 rings (SSSR count). The van der Waals surface area contributed by atoms with Gasteiger partial charge in [0.25, 0.3) is 0 Å². The van der Waals surface area contributed by atoms with Gasteiger partial charge in [-0.25, -0.2) is 4.98 Å². The molecule has 2 N–H and O–H groups in total. The van der Waals surface area contributed by atoms with Crippen molar-refractivity contribution in [2.75, 3.05) is 5.73 Å². The Morgan fingerprint density at radius 2 is 2.14 bits per heavy atom. The lowest BCUT2D eigenvalue weighted by molar-refractivity contribution is 0.591. The number of hydrogen-bond donors (Lipinski definition) is 1. The Kier molecular flexibility index (Phi) is 3.31. The molecule has 0 atom stereocenters. The third-order valence-corrected chi connectivity index (χ3v) is 5.71. The van der Waals surface area contributed by atoms with Gasteiger partial charge in [0.05, 0.1) is 10.2 Å². The normalized spacial score (nSPS) is 15.0. The molecule has 108 valence electrons. The van der Waals surface area contributed by atoms with E-state index in [0.29, 0.717) is 0 Å². The molecule has 0 bridgehead atoms. The molecule has 2 aromatic heterocycles. The summed E-state index contributed by atoms with van der Waals surface area (Å²) in [5.74, 6) is 1.11. The first-order valence-corrected chi connectivity index (χ1v) is 8.69. The van der Waals surface area contributed by atoms with Crippen LogP contribution in [0.15, 0.2) is 27.7 Å². The summed E-state index contributed by atoms with van der Waals surface area (Å²) in [4.78, 5) is 4.65. The molecule has 3 aromatic rings. The van der Waals surface area contributed by atoms with Crippen molar-refractivity contribution in [3.8, 4) is 0 Å². The highest BCUT2D eigenvalue weighted by atomic mass is 32.2. The van der Waals surface area contributed by atoms with Crippen molar-refractivity contribution in [1.82, 2.24) is 19.7 Å². The van der Waals surface area contributed by atoms with E-state index in [1.807, 2.05) is 18.2 Å². The molecule has 21 heavy (non-hydrogen) atoms. The number of aryl methyl sites for hydroxylation is 1. The van der Waals surface area contributed by atoms with Gasteiger partial charge in [0.1, 0.15) is 5.82 Å². The van der Waals surface area contributed by atoms with E-state index >= 15 is 0 Å². The number of nitrogen functional groups attached to an aromatic ring is 1. The molecule has 0 radical (unpaired) electrons. The molecular weight excluding hydrogens is 302 g/mol. The maximum absolute atomic E-state index is 5.82. The van der Waals surface area contributed by atoms with Gasteiger partial charge in [-0.15, -0.1) is 21.5 Å². The van der Waals surface area contributed by atoms with Gasteiger partial charge in [0.2, 0.25) is 0 Å². The Morgan fingerprint density at radius 1 is 1.19 bits per heavy atom. The van der Waals surface area contributed by atoms with Crippen LogP contribution >= 0.6 is 23.1 Å². The van der Waals surface area contributed by atoms with E-state index in [9.17, 15) is 0 Å². The molecular formula is C14H15N5S2. The van der Waals surface area contributed by atoms with Gasteiger partial charge in [-0.05, 0) is 42.8 Å². The minimum absolute atomic E-state index is 0.777. The van der Waals surface area contributed by atoms with Crippen LogP contribution in [0.4, 0.5) is 5.69 Å². The van der Waals surface area contributed by atoms with E-state index in [2.05, 4.69) is 19.7 Å². The summed E-state index contributed by atoms with van der Waals surface area (Å²) in [5, 5.41) is 9.63. The van der Waals surface area contributed by atoms with E-state index < -0.39 is 0 Å². The average molecular weight is 317 g/mol. The van der Waals surface area contributed by atoms with E-state index in [4.69, 9.17) is 5.73 Å². The van der Waals surface area contributed by atoms with Crippen molar-refractivity contribution in [2.45, 2.75) is 41.7 Å². The SMILES string of the molecule is Nc1ccc2nc(Sc3nnc4n3CCCCC4)sc2c1. The Balaban J connectivity index is 1.67. The average Bonchev–Trinajstić information content (AvgIpc) is 2.95. The summed E-state index contributed by atoms with van der Waals surface area (Å²) in [6, 6.07) is 5.83. The fourth-order valence-electron chi connectivity index (χ4n) is 2.58. The number of benzene rings is 1. The van der Waals surface area contributed by atoms with Crippen LogP contribution in [-0.4, -0.2) is 19.7 Å². The van der Waals surface area contributed by atoms with Gasteiger partial charge < -0.3 is 10.3 Å². The van der Waals surface area contributed by atoms with Crippen LogP contribution in [0.5, 0.6) is 0 Å². The standard InChI is InChI=1S/C14H15N5S2/c15-9-5-6-10-11(8-9)20-14(16-10)21-13-18-17-12-4-2-1-3-7-19(12)13/h5-6,8H,1-4,7,15H2. The Hall–Kier alpha value is -1.60. The maximum atomic E-state index is 5.82. The minimum Gasteiger partial charge on any atom is -0.399 e. The van der Waals surface area contributed by atoms with Crippen LogP contribution in [0.1, 0.15) is 25.1 Å². The predicted octanol–water partition coefficient (Wildman–Crippen LogP) is 3.35. The molecule has 0 spiro atoms. The van der Waals surface area contributed by atoms with Crippen LogP contribution in [0.25, 0.3) is 10.2 Å². The van der Waals surface area contributed by atoms with Crippen LogP contribution in [0.3, 0.4) is 0 Å². The third-order valence-electron chi connectivity index (χ3n) is 3.65. The smallest absolute Gasteiger partial charge is 0.198 e. The quantitative estimate of drug-likeness (QED) is 0.734. The second-order valence-corrected chi connectivity index (χ2v) is 7.42. The van der Waals surface area contributed by atoms with Crippen molar-refractivity contribution in [1.29, 1.82) is 0 Å². The fraction of sp³-hybridized carbons (Fsp3) is 0.357. The number of aromatic nitrogens is 4. The topological polar surface area (TPSA) is 69.6 Å². The number of nitrogens with two attached hydrogens (primary N) is 1. The number of nitrogens with zero attached hydrogens (tertiary/aromatic N) is 4. The second-order valence-electron chi connectivity index (χ2n) is 5.17. The highest BCUT2D eigenvalue weighted by Crippen LogP contribution is 2.35. The lowest BCUT2D eigenvalue weighted by Crippen LogP contribution is -2.01. The Labute approximate surface area is 130 Å². The van der Waals surface area contributed by atoms with Gasteiger partial charge in [-0.1, -0.05) is 6.42 Å². The number of hydrogen-bond acceptors (Lipinski definition) is 6. The van der Waals surface area contributed by atoms with Crippen molar-refractivity contribution < 1.29 is 0 Å². The van der Waals surface area contributed by atoms with Crippen molar-refractivity contribution in [3.05, 3.63) is 24.0 Å². The Morgan fingerprint density at radius 3 is 3.10 bits per heavy atom. The van der Waals surface area contributed by atoms with Crippen LogP contribution in [0.2, 0.25) is 0 Å². The van der Waals surface area contributed by atoms with Crippen molar-refractivity contribution in [2.24, 2.45) is 0 Å². The monoisotopic (exact) mass is 317 g/mol. The number of thiazole rings is 1. The molecule has 0 amide bonds. The van der Waals surface area contributed by atoms with E-state index in [1.54, 1.807) is 23.1 Å². The molecule has 1 aromatic carbocycles. The molecule has 0 unspecified atom stereocenters. The predicted molar refractivity (Wildman–Crippen MR) is 85.7 cm³/mol. The number of rotatable bonds is 2. The lowest BCUT2D eigenvalue weighted by Gasteiger charge is -2.04. The summed E-state index contributed by atoms with van der Waals surface area (Å²) in [6.45, 7) is 1.02. The largest absolute Gasteiger partial charge is 0.399 e. The lowest BCUT2D eigenvalue weighted by atomic mass is 10.2. The zero-order valence-electron chi connectivity index (χ0n) is 11.5. The van der Waals surface area contributed by atoms with Gasteiger partial charge in [-0.2, -0.15) is 0 Å². The maximum Gasteiger partial charge on any atom is 0.198 e. The Bertz CT molecular complexity index is 792. The summed E-state index contributed by atoms with van der Waals surface area (Å²) in [6.07, 6.45) is 4.72. The van der Waals surface area contributed by atoms with Gasteiger partial charge in [0.15, 0.2) is 9.50 Å². The molecule has 7 heteroatoms. The third kappa shape index (κ3) is 2.51.